The maximum absolute atomic E-state index is 13.5. The smallest absolute Gasteiger partial charge is 0.214 e. The Morgan fingerprint density at radius 1 is 1.39 bits per heavy atom. The van der Waals surface area contributed by atoms with Crippen molar-refractivity contribution >= 4 is 5.78 Å². The van der Waals surface area contributed by atoms with E-state index >= 15 is 0 Å². The van der Waals surface area contributed by atoms with Crippen LogP contribution in [0.15, 0.2) is 18.3 Å². The van der Waals surface area contributed by atoms with Crippen LogP contribution in [-0.2, 0) is 6.54 Å². The Labute approximate surface area is 102 Å². The van der Waals surface area contributed by atoms with Gasteiger partial charge in [0.1, 0.15) is 5.69 Å². The summed E-state index contributed by atoms with van der Waals surface area (Å²) in [5.41, 5.74) is 0.548. The van der Waals surface area contributed by atoms with Crippen molar-refractivity contribution in [2.45, 2.75) is 20.4 Å². The van der Waals surface area contributed by atoms with Gasteiger partial charge in [-0.2, -0.15) is 9.49 Å². The van der Waals surface area contributed by atoms with Crippen LogP contribution in [-0.4, -0.2) is 20.5 Å². The average molecular weight is 251 g/mol. The van der Waals surface area contributed by atoms with E-state index < -0.39 is 17.5 Å². The van der Waals surface area contributed by atoms with E-state index in [1.807, 2.05) is 6.92 Å². The molecule has 94 valence electrons. The molecule has 0 aliphatic rings. The molecule has 0 aromatic carbocycles. The highest BCUT2D eigenvalue weighted by atomic mass is 19.1. The summed E-state index contributed by atoms with van der Waals surface area (Å²) in [4.78, 5) is 15.3. The zero-order valence-electron chi connectivity index (χ0n) is 9.94. The van der Waals surface area contributed by atoms with Gasteiger partial charge < -0.3 is 0 Å². The minimum Gasteiger partial charge on any atom is -0.287 e. The Kier molecular flexibility index (Phi) is 3.18. The first-order valence-electron chi connectivity index (χ1n) is 5.43. The molecular weight excluding hydrogens is 240 g/mol. The van der Waals surface area contributed by atoms with Crippen LogP contribution in [0.4, 0.5) is 8.78 Å². The van der Waals surface area contributed by atoms with Crippen LogP contribution in [0.25, 0.3) is 0 Å². The van der Waals surface area contributed by atoms with Gasteiger partial charge >= 0.3 is 0 Å². The molecule has 0 saturated carbocycles. The highest BCUT2D eigenvalue weighted by molar-refractivity contribution is 6.08. The van der Waals surface area contributed by atoms with Gasteiger partial charge in [-0.3, -0.25) is 9.48 Å². The van der Waals surface area contributed by atoms with E-state index in [0.717, 1.165) is 6.07 Å². The topological polar surface area (TPSA) is 47.8 Å². The molecule has 0 bridgehead atoms. The number of aromatic nitrogens is 3. The summed E-state index contributed by atoms with van der Waals surface area (Å²) in [6.45, 7) is 4.02. The lowest BCUT2D eigenvalue weighted by molar-refractivity contribution is 0.102. The molecule has 0 unspecified atom stereocenters. The molecule has 2 aromatic rings. The van der Waals surface area contributed by atoms with E-state index in [1.165, 1.54) is 4.68 Å². The van der Waals surface area contributed by atoms with Crippen LogP contribution in [0.5, 0.6) is 0 Å². The predicted molar refractivity (Wildman–Crippen MR) is 60.2 cm³/mol. The lowest BCUT2D eigenvalue weighted by Crippen LogP contribution is -2.12. The Hall–Kier alpha value is -2.11. The SMILES string of the molecule is CCn1nc(C)cc1C(=O)c1cc(F)ncc1F. The molecule has 0 spiro atoms. The number of nitrogens with zero attached hydrogens (tertiary/aromatic N) is 3. The second-order valence-electron chi connectivity index (χ2n) is 3.80. The number of rotatable bonds is 3. The number of carbonyl (C=O) groups excluding carboxylic acids is 1. The summed E-state index contributed by atoms with van der Waals surface area (Å²) in [6, 6.07) is 2.34. The summed E-state index contributed by atoms with van der Waals surface area (Å²) >= 11 is 0. The van der Waals surface area contributed by atoms with Crippen LogP contribution >= 0.6 is 0 Å². The van der Waals surface area contributed by atoms with Gasteiger partial charge in [-0.25, -0.2) is 9.37 Å². The third-order valence-electron chi connectivity index (χ3n) is 2.50. The molecule has 2 rings (SSSR count). The molecule has 0 radical (unpaired) electrons. The van der Waals surface area contributed by atoms with Gasteiger partial charge in [-0.05, 0) is 19.9 Å². The van der Waals surface area contributed by atoms with Crippen molar-refractivity contribution in [2.75, 3.05) is 0 Å². The fourth-order valence-corrected chi connectivity index (χ4v) is 1.69. The maximum Gasteiger partial charge on any atom is 0.214 e. The normalized spacial score (nSPS) is 10.7. The first-order chi connectivity index (χ1) is 8.52. The largest absolute Gasteiger partial charge is 0.287 e. The van der Waals surface area contributed by atoms with Crippen LogP contribution in [0.2, 0.25) is 0 Å². The van der Waals surface area contributed by atoms with Gasteiger partial charge in [0.2, 0.25) is 11.7 Å². The summed E-state index contributed by atoms with van der Waals surface area (Å²) in [5, 5.41) is 4.09. The fraction of sp³-hybridized carbons (Fsp3) is 0.250. The monoisotopic (exact) mass is 251 g/mol. The summed E-state index contributed by atoms with van der Waals surface area (Å²) in [5.74, 6) is -2.34. The van der Waals surface area contributed by atoms with Crippen LogP contribution in [0, 0.1) is 18.7 Å². The lowest BCUT2D eigenvalue weighted by atomic mass is 10.1. The molecule has 0 fully saturated rings. The number of halogens is 2. The van der Waals surface area contributed by atoms with Gasteiger partial charge in [0.15, 0.2) is 5.82 Å². The van der Waals surface area contributed by atoms with Crippen molar-refractivity contribution < 1.29 is 13.6 Å². The number of pyridine rings is 1. The highest BCUT2D eigenvalue weighted by Crippen LogP contribution is 2.15. The van der Waals surface area contributed by atoms with Gasteiger partial charge in [0, 0.05) is 12.6 Å². The molecule has 0 amide bonds. The van der Waals surface area contributed by atoms with E-state index in [9.17, 15) is 13.6 Å². The van der Waals surface area contributed by atoms with E-state index in [-0.39, 0.29) is 11.3 Å². The molecule has 0 N–H and O–H groups in total. The van der Waals surface area contributed by atoms with Gasteiger partial charge in [0.05, 0.1) is 17.5 Å². The van der Waals surface area contributed by atoms with Crippen LogP contribution in [0.3, 0.4) is 0 Å². The zero-order chi connectivity index (χ0) is 13.3. The second kappa shape index (κ2) is 4.64. The first-order valence-corrected chi connectivity index (χ1v) is 5.43. The average Bonchev–Trinajstić information content (AvgIpc) is 2.72. The Morgan fingerprint density at radius 3 is 2.78 bits per heavy atom. The molecule has 0 aliphatic carbocycles. The first kappa shape index (κ1) is 12.3. The van der Waals surface area contributed by atoms with Crippen molar-refractivity contribution in [1.29, 1.82) is 0 Å². The van der Waals surface area contributed by atoms with Crippen molar-refractivity contribution in [3.63, 3.8) is 0 Å². The number of hydrogen-bond acceptors (Lipinski definition) is 3. The minimum absolute atomic E-state index is 0.236. The Morgan fingerprint density at radius 2 is 2.11 bits per heavy atom. The summed E-state index contributed by atoms with van der Waals surface area (Å²) in [7, 11) is 0. The summed E-state index contributed by atoms with van der Waals surface area (Å²) < 4.78 is 27.9. The van der Waals surface area contributed by atoms with Crippen molar-refractivity contribution in [3.8, 4) is 0 Å². The maximum atomic E-state index is 13.5. The molecule has 18 heavy (non-hydrogen) atoms. The van der Waals surface area contributed by atoms with E-state index in [2.05, 4.69) is 10.1 Å². The van der Waals surface area contributed by atoms with E-state index in [1.54, 1.807) is 13.0 Å². The van der Waals surface area contributed by atoms with Gasteiger partial charge in [-0.1, -0.05) is 0 Å². The van der Waals surface area contributed by atoms with E-state index in [0.29, 0.717) is 18.4 Å². The number of ketones is 1. The van der Waals surface area contributed by atoms with Crippen molar-refractivity contribution in [3.05, 3.63) is 47.0 Å². The Bertz CT molecular complexity index is 607. The molecule has 4 nitrogen and oxygen atoms in total. The zero-order valence-corrected chi connectivity index (χ0v) is 9.94. The molecule has 0 aliphatic heterocycles. The third kappa shape index (κ3) is 2.13. The van der Waals surface area contributed by atoms with Crippen LogP contribution in [0.1, 0.15) is 28.7 Å². The highest BCUT2D eigenvalue weighted by Gasteiger charge is 2.19. The van der Waals surface area contributed by atoms with Crippen molar-refractivity contribution in [1.82, 2.24) is 14.8 Å². The Balaban J connectivity index is 2.50. The third-order valence-corrected chi connectivity index (χ3v) is 2.50. The molecule has 2 heterocycles. The minimum atomic E-state index is -0.890. The van der Waals surface area contributed by atoms with Crippen LogP contribution < -0.4 is 0 Å². The number of hydrogen-bond donors (Lipinski definition) is 0. The number of aryl methyl sites for hydroxylation is 2. The lowest BCUT2D eigenvalue weighted by Gasteiger charge is -2.04. The van der Waals surface area contributed by atoms with Gasteiger partial charge in [-0.15, -0.1) is 0 Å². The predicted octanol–water partition coefficient (Wildman–Crippen LogP) is 2.12. The molecule has 6 heteroatoms. The molecular formula is C12H11F2N3O. The molecule has 0 atom stereocenters. The molecule has 2 aromatic heterocycles. The summed E-state index contributed by atoms with van der Waals surface area (Å²) in [6.07, 6.45) is 0.697. The van der Waals surface area contributed by atoms with E-state index in [4.69, 9.17) is 0 Å². The van der Waals surface area contributed by atoms with Gasteiger partial charge in [0.25, 0.3) is 0 Å². The number of carbonyl (C=O) groups is 1. The second-order valence-corrected chi connectivity index (χ2v) is 3.80. The standard InChI is InChI=1S/C12H11F2N3O/c1-3-17-10(4-7(2)16-17)12(18)8-5-11(14)15-6-9(8)13/h4-6H,3H2,1-2H3. The fourth-order valence-electron chi connectivity index (χ4n) is 1.69. The quantitative estimate of drug-likeness (QED) is 0.620. The molecule has 0 saturated heterocycles. The van der Waals surface area contributed by atoms with Crippen molar-refractivity contribution in [2.24, 2.45) is 0 Å².